The maximum absolute atomic E-state index is 2.74. The van der Waals surface area contributed by atoms with Gasteiger partial charge in [-0.2, -0.15) is 0 Å². The Kier molecular flexibility index (Phi) is 11.8. The number of hydrogen-bond donors (Lipinski definition) is 0. The first-order valence-electron chi connectivity index (χ1n) is 29.3. The zero-order valence-corrected chi connectivity index (χ0v) is 49.9. The summed E-state index contributed by atoms with van der Waals surface area (Å²) < 4.78 is 0. The van der Waals surface area contributed by atoms with Crippen LogP contribution in [0.4, 0.5) is 34.1 Å². The number of hydrogen-bond acceptors (Lipinski definition) is 2. The van der Waals surface area contributed by atoms with E-state index in [-0.39, 0.29) is 44.6 Å². The van der Waals surface area contributed by atoms with Crippen molar-refractivity contribution in [1.29, 1.82) is 0 Å². The van der Waals surface area contributed by atoms with Crippen molar-refractivity contribution in [2.24, 2.45) is 0 Å². The van der Waals surface area contributed by atoms with Gasteiger partial charge in [0.15, 0.2) is 0 Å². The number of nitrogens with zero attached hydrogens (tertiary/aromatic N) is 2. The van der Waals surface area contributed by atoms with E-state index >= 15 is 0 Å². The van der Waals surface area contributed by atoms with Gasteiger partial charge in [-0.1, -0.05) is 226 Å². The summed E-state index contributed by atoms with van der Waals surface area (Å²) in [6.45, 7) is 39.0. The van der Waals surface area contributed by atoms with E-state index in [2.05, 4.69) is 284 Å². The van der Waals surface area contributed by atoms with Crippen molar-refractivity contribution in [3.8, 4) is 22.3 Å². The topological polar surface area (TPSA) is 6.48 Å². The predicted molar refractivity (Wildman–Crippen MR) is 338 cm³/mol. The van der Waals surface area contributed by atoms with Gasteiger partial charge in [0.2, 0.25) is 0 Å². The van der Waals surface area contributed by atoms with Crippen molar-refractivity contribution in [3.05, 3.63) is 208 Å². The quantitative estimate of drug-likeness (QED) is 0.153. The number of rotatable bonds is 6. The van der Waals surface area contributed by atoms with Gasteiger partial charge in [-0.3, -0.25) is 0 Å². The largest absolute Gasteiger partial charge is 0.311 e. The number of benzene rings is 8. The minimum atomic E-state index is -0.264. The van der Waals surface area contributed by atoms with Crippen LogP contribution in [-0.2, 0) is 37.9 Å². The van der Waals surface area contributed by atoms with Gasteiger partial charge in [-0.05, 0) is 184 Å². The van der Waals surface area contributed by atoms with Gasteiger partial charge in [0.1, 0.15) is 0 Å². The maximum atomic E-state index is 2.74. The Labute approximate surface area is 469 Å². The Balaban J connectivity index is 1.26. The predicted octanol–water partition coefficient (Wildman–Crippen LogP) is 18.7. The van der Waals surface area contributed by atoms with Gasteiger partial charge in [0, 0.05) is 39.4 Å². The highest BCUT2D eigenvalue weighted by Crippen LogP contribution is 2.55. The van der Waals surface area contributed by atoms with Crippen LogP contribution in [0.2, 0.25) is 0 Å². The minimum absolute atomic E-state index is 0.0131. The molecule has 0 unspecified atom stereocenters. The van der Waals surface area contributed by atoms with E-state index in [1.807, 2.05) is 0 Å². The fourth-order valence-corrected chi connectivity index (χ4v) is 14.3. The molecule has 8 aromatic carbocycles. The van der Waals surface area contributed by atoms with Crippen molar-refractivity contribution in [2.75, 3.05) is 9.80 Å². The summed E-state index contributed by atoms with van der Waals surface area (Å²) in [5, 5.41) is 0. The molecule has 0 spiro atoms. The van der Waals surface area contributed by atoms with E-state index in [9.17, 15) is 0 Å². The Bertz CT molecular complexity index is 3670. The lowest BCUT2D eigenvalue weighted by molar-refractivity contribution is 0.332. The third-order valence-electron chi connectivity index (χ3n) is 19.6. The van der Waals surface area contributed by atoms with Gasteiger partial charge in [0.05, 0.1) is 5.69 Å². The highest BCUT2D eigenvalue weighted by atomic mass is 15.2. The molecule has 8 aromatic rings. The average Bonchev–Trinajstić information content (AvgIpc) is 1.92. The molecule has 4 aliphatic rings. The van der Waals surface area contributed by atoms with Gasteiger partial charge in [-0.15, -0.1) is 0 Å². The van der Waals surface area contributed by atoms with Crippen LogP contribution in [0.3, 0.4) is 0 Å². The van der Waals surface area contributed by atoms with Crippen LogP contribution in [0.15, 0.2) is 164 Å². The molecule has 0 bridgehead atoms. The summed E-state index contributed by atoms with van der Waals surface area (Å²) >= 11 is 0. The van der Waals surface area contributed by atoms with E-state index in [1.54, 1.807) is 0 Å². The van der Waals surface area contributed by atoms with Crippen LogP contribution < -0.4 is 26.2 Å². The van der Waals surface area contributed by atoms with Crippen LogP contribution in [-0.4, -0.2) is 6.71 Å². The minimum Gasteiger partial charge on any atom is -0.311 e. The molecule has 2 aliphatic carbocycles. The van der Waals surface area contributed by atoms with Crippen LogP contribution in [0.5, 0.6) is 0 Å². The molecule has 0 aromatic heterocycles. The molecule has 78 heavy (non-hydrogen) atoms. The molecule has 3 heteroatoms. The SMILES string of the molecule is CC(C)(C)c1cc2c3c(c1)N(c1cc(-c4ccccc4)c(C(C)(C)C)cc1-c1ccccc1)c1ccc(C(C)(C)c4ccccc4)cc1B3c1cc3c(cc1N2c1ccc2c(c1)C(C)(C)CCC2(C)C)C(C)(C)CCC3(C)C. The maximum Gasteiger partial charge on any atom is 0.252 e. The highest BCUT2D eigenvalue weighted by Gasteiger charge is 2.48. The Hall–Kier alpha value is -6.58. The standard InChI is InChI=1S/C75H83BN2/c1-69(2,3)52-41-66-68-67(42-52)78(64-45-54(48-26-20-17-21-27-48)57(70(4,5)6)44-55(64)49-28-22-18-23-29-49)63-35-32-51(75(15,16)50-30-24-19-25-31-50)40-61(63)76(68)62-46-59-60(74(13,14)39-38-73(59,11)12)47-65(62)77(66)53-33-34-56-58(43-53)72(9,10)37-36-71(56,7)8/h17-35,40-47H,36-39H2,1-16H3. The molecule has 0 saturated carbocycles. The first kappa shape index (κ1) is 52.1. The molecule has 0 radical (unpaired) electrons. The molecule has 0 saturated heterocycles. The lowest BCUT2D eigenvalue weighted by Gasteiger charge is -2.48. The van der Waals surface area contributed by atoms with E-state index in [1.165, 1.54) is 124 Å². The van der Waals surface area contributed by atoms with E-state index in [0.29, 0.717) is 0 Å². The van der Waals surface area contributed by atoms with Crippen molar-refractivity contribution >= 4 is 57.2 Å². The van der Waals surface area contributed by atoms with Crippen molar-refractivity contribution in [3.63, 3.8) is 0 Å². The second-order valence-corrected chi connectivity index (χ2v) is 29.2. The van der Waals surface area contributed by atoms with Crippen molar-refractivity contribution < 1.29 is 0 Å². The zero-order chi connectivity index (χ0) is 55.3. The molecule has 12 rings (SSSR count). The molecule has 0 amide bonds. The third-order valence-corrected chi connectivity index (χ3v) is 19.6. The van der Waals surface area contributed by atoms with E-state index in [4.69, 9.17) is 0 Å². The summed E-state index contributed by atoms with van der Waals surface area (Å²) in [4.78, 5) is 5.46. The van der Waals surface area contributed by atoms with E-state index < -0.39 is 0 Å². The highest BCUT2D eigenvalue weighted by molar-refractivity contribution is 7.00. The third kappa shape index (κ3) is 8.34. The first-order chi connectivity index (χ1) is 36.7. The van der Waals surface area contributed by atoms with Crippen LogP contribution in [0, 0.1) is 0 Å². The summed E-state index contributed by atoms with van der Waals surface area (Å²) in [7, 11) is 0. The fraction of sp³-hybridized carbons (Fsp3) is 0.360. The second kappa shape index (κ2) is 17.7. The van der Waals surface area contributed by atoms with Gasteiger partial charge in [-0.25, -0.2) is 0 Å². The first-order valence-corrected chi connectivity index (χ1v) is 29.3. The summed E-state index contributed by atoms with van der Waals surface area (Å²) in [6, 6.07) is 64.4. The Morgan fingerprint density at radius 3 is 1.42 bits per heavy atom. The van der Waals surface area contributed by atoms with Gasteiger partial charge in [0.25, 0.3) is 6.71 Å². The van der Waals surface area contributed by atoms with Crippen molar-refractivity contribution in [2.45, 2.75) is 174 Å². The Morgan fingerprint density at radius 1 is 0.359 bits per heavy atom. The molecule has 2 nitrogen and oxygen atoms in total. The summed E-state index contributed by atoms with van der Waals surface area (Å²) in [5.74, 6) is 0. The lowest BCUT2D eigenvalue weighted by atomic mass is 9.32. The van der Waals surface area contributed by atoms with Gasteiger partial charge < -0.3 is 9.80 Å². The lowest BCUT2D eigenvalue weighted by Crippen LogP contribution is -2.62. The molecule has 0 N–H and O–H groups in total. The number of anilines is 6. The molecule has 2 heterocycles. The summed E-state index contributed by atoms with van der Waals surface area (Å²) in [6.07, 6.45) is 4.66. The molecule has 396 valence electrons. The second-order valence-electron chi connectivity index (χ2n) is 29.2. The molecular weight excluding hydrogens is 940 g/mol. The van der Waals surface area contributed by atoms with Crippen LogP contribution in [0.1, 0.15) is 181 Å². The number of fused-ring (bicyclic) bond motifs is 6. The average molecular weight is 1020 g/mol. The zero-order valence-electron chi connectivity index (χ0n) is 49.9. The van der Waals surface area contributed by atoms with Crippen LogP contribution in [0.25, 0.3) is 22.3 Å². The fourth-order valence-electron chi connectivity index (χ4n) is 14.3. The monoisotopic (exact) mass is 1020 g/mol. The molecule has 0 fully saturated rings. The molecule has 2 aliphatic heterocycles. The van der Waals surface area contributed by atoms with Crippen LogP contribution >= 0.6 is 0 Å². The molecular formula is C75H83BN2. The smallest absolute Gasteiger partial charge is 0.252 e. The van der Waals surface area contributed by atoms with Gasteiger partial charge >= 0.3 is 0 Å². The van der Waals surface area contributed by atoms with Crippen molar-refractivity contribution in [1.82, 2.24) is 0 Å². The summed E-state index contributed by atoms with van der Waals surface area (Å²) in [5.41, 5.74) is 27.5. The van der Waals surface area contributed by atoms with E-state index in [0.717, 1.165) is 19.3 Å². The normalized spacial score (nSPS) is 17.6. The molecule has 0 atom stereocenters. The Morgan fingerprint density at radius 2 is 0.859 bits per heavy atom.